The number of nitrogens with zero attached hydrogens (tertiary/aromatic N) is 3. The van der Waals surface area contributed by atoms with E-state index in [4.69, 9.17) is 4.74 Å². The van der Waals surface area contributed by atoms with Crippen molar-refractivity contribution in [2.45, 2.75) is 0 Å². The lowest BCUT2D eigenvalue weighted by Crippen LogP contribution is -2.17. The number of rotatable bonds is 6. The Morgan fingerprint density at radius 2 is 2.04 bits per heavy atom. The first-order valence-electron chi connectivity index (χ1n) is 7.84. The number of benzene rings is 2. The van der Waals surface area contributed by atoms with Gasteiger partial charge in [0, 0.05) is 17.7 Å². The van der Waals surface area contributed by atoms with Crippen molar-refractivity contribution in [2.75, 3.05) is 7.11 Å². The molecule has 0 saturated heterocycles. The molecule has 0 unspecified atom stereocenters. The highest BCUT2D eigenvalue weighted by atomic mass is 16.6. The van der Waals surface area contributed by atoms with Crippen LogP contribution in [0.1, 0.15) is 16.1 Å². The fraction of sp³-hybridized carbons (Fsp3) is 0.0556. The van der Waals surface area contributed by atoms with Gasteiger partial charge in [-0.15, -0.1) is 0 Å². The van der Waals surface area contributed by atoms with Gasteiger partial charge in [0.2, 0.25) is 0 Å². The number of hydrogen-bond acceptors (Lipinski definition) is 6. The molecule has 0 aliphatic rings. The number of carbonyl (C=O) groups is 1. The van der Waals surface area contributed by atoms with Gasteiger partial charge in [-0.25, -0.2) is 5.43 Å². The van der Waals surface area contributed by atoms with Crippen molar-refractivity contribution >= 4 is 17.8 Å². The maximum Gasteiger partial charge on any atom is 0.289 e. The number of hydrogen-bond donors (Lipinski definition) is 2. The van der Waals surface area contributed by atoms with Gasteiger partial charge in [0.25, 0.3) is 11.6 Å². The number of H-pyrrole nitrogens is 1. The molecule has 2 aromatic carbocycles. The van der Waals surface area contributed by atoms with Crippen LogP contribution >= 0.6 is 0 Å². The van der Waals surface area contributed by atoms with Gasteiger partial charge in [-0.1, -0.05) is 12.1 Å². The first-order chi connectivity index (χ1) is 13.1. The minimum Gasteiger partial charge on any atom is -0.497 e. The number of aromatic nitrogens is 2. The van der Waals surface area contributed by atoms with E-state index in [-0.39, 0.29) is 11.4 Å². The molecule has 0 fully saturated rings. The molecule has 3 aromatic rings. The third kappa shape index (κ3) is 4.34. The van der Waals surface area contributed by atoms with E-state index in [0.717, 1.165) is 5.56 Å². The number of non-ortho nitro benzene ring substituents is 1. The van der Waals surface area contributed by atoms with Crippen LogP contribution in [0.3, 0.4) is 0 Å². The van der Waals surface area contributed by atoms with Crippen LogP contribution in [0.2, 0.25) is 0 Å². The van der Waals surface area contributed by atoms with E-state index in [1.807, 2.05) is 24.3 Å². The number of nitro groups is 1. The van der Waals surface area contributed by atoms with Crippen molar-refractivity contribution in [3.05, 3.63) is 76.0 Å². The summed E-state index contributed by atoms with van der Waals surface area (Å²) in [4.78, 5) is 22.3. The van der Waals surface area contributed by atoms with Gasteiger partial charge in [0.1, 0.15) is 11.4 Å². The first-order valence-corrected chi connectivity index (χ1v) is 7.84. The molecule has 136 valence electrons. The van der Waals surface area contributed by atoms with E-state index < -0.39 is 10.8 Å². The van der Waals surface area contributed by atoms with Crippen LogP contribution in [0.25, 0.3) is 11.3 Å². The quantitative estimate of drug-likeness (QED) is 0.395. The smallest absolute Gasteiger partial charge is 0.289 e. The molecule has 0 saturated carbocycles. The summed E-state index contributed by atoms with van der Waals surface area (Å²) in [5.41, 5.74) is 4.62. The molecule has 9 heteroatoms. The van der Waals surface area contributed by atoms with Crippen molar-refractivity contribution in [1.29, 1.82) is 0 Å². The number of ether oxygens (including phenoxy) is 1. The molecule has 9 nitrogen and oxygen atoms in total. The first kappa shape index (κ1) is 17.8. The standard InChI is InChI=1S/C18H15N5O4/c1-27-15-4-2-3-13(9-15)16-10-17(21-20-16)18(24)22-19-11-12-5-7-14(8-6-12)23(25)26/h2-11H,1H3,(H,20,21)(H,22,24)/b19-11-. The second-order valence-corrected chi connectivity index (χ2v) is 5.45. The summed E-state index contributed by atoms with van der Waals surface area (Å²) < 4.78 is 5.17. The molecule has 0 aliphatic carbocycles. The lowest BCUT2D eigenvalue weighted by atomic mass is 10.1. The minimum absolute atomic E-state index is 0.0151. The molecule has 0 spiro atoms. The molecule has 0 aliphatic heterocycles. The lowest BCUT2D eigenvalue weighted by molar-refractivity contribution is -0.384. The van der Waals surface area contributed by atoms with Gasteiger partial charge in [0.05, 0.1) is 23.9 Å². The molecule has 3 rings (SSSR count). The van der Waals surface area contributed by atoms with E-state index in [0.29, 0.717) is 17.0 Å². The normalized spacial score (nSPS) is 10.7. The lowest BCUT2D eigenvalue weighted by Gasteiger charge is -2.00. The fourth-order valence-electron chi connectivity index (χ4n) is 2.28. The third-order valence-corrected chi connectivity index (χ3v) is 3.67. The van der Waals surface area contributed by atoms with Gasteiger partial charge in [0.15, 0.2) is 0 Å². The van der Waals surface area contributed by atoms with Gasteiger partial charge in [-0.05, 0) is 35.9 Å². The predicted molar refractivity (Wildman–Crippen MR) is 98.7 cm³/mol. The zero-order valence-corrected chi connectivity index (χ0v) is 14.2. The molecule has 0 bridgehead atoms. The Balaban J connectivity index is 1.64. The molecule has 1 heterocycles. The number of nitro benzene ring substituents is 1. The van der Waals surface area contributed by atoms with E-state index in [1.54, 1.807) is 13.2 Å². The van der Waals surface area contributed by atoms with Gasteiger partial charge < -0.3 is 4.74 Å². The summed E-state index contributed by atoms with van der Waals surface area (Å²) >= 11 is 0. The van der Waals surface area contributed by atoms with Crippen LogP contribution in [0.5, 0.6) is 5.75 Å². The maximum atomic E-state index is 12.1. The SMILES string of the molecule is COc1cccc(-c2cc(C(=O)N/N=C\c3ccc([N+](=O)[O-])cc3)[nH]n2)c1. The number of aromatic amines is 1. The average molecular weight is 365 g/mol. The van der Waals surface area contributed by atoms with Crippen molar-refractivity contribution in [3.8, 4) is 17.0 Å². The Kier molecular flexibility index (Phi) is 5.22. The number of amides is 1. The summed E-state index contributed by atoms with van der Waals surface area (Å²) in [5.74, 6) is 0.226. The van der Waals surface area contributed by atoms with Crippen LogP contribution in [-0.2, 0) is 0 Å². The van der Waals surface area contributed by atoms with Gasteiger partial charge >= 0.3 is 0 Å². The molecule has 0 atom stereocenters. The van der Waals surface area contributed by atoms with Crippen molar-refractivity contribution in [3.63, 3.8) is 0 Å². The Hall–Kier alpha value is -4.01. The molecule has 2 N–H and O–H groups in total. The second kappa shape index (κ2) is 7.91. The fourth-order valence-corrected chi connectivity index (χ4v) is 2.28. The summed E-state index contributed by atoms with van der Waals surface area (Å²) in [6, 6.07) is 14.7. The molecule has 1 aromatic heterocycles. The zero-order valence-electron chi connectivity index (χ0n) is 14.2. The largest absolute Gasteiger partial charge is 0.497 e. The van der Waals surface area contributed by atoms with Crippen LogP contribution in [0, 0.1) is 10.1 Å². The number of hydrazone groups is 1. The Morgan fingerprint density at radius 1 is 1.26 bits per heavy atom. The van der Waals surface area contributed by atoms with E-state index in [2.05, 4.69) is 20.7 Å². The summed E-state index contributed by atoms with van der Waals surface area (Å²) in [6.45, 7) is 0. The second-order valence-electron chi connectivity index (χ2n) is 5.45. The highest BCUT2D eigenvalue weighted by Crippen LogP contribution is 2.22. The van der Waals surface area contributed by atoms with Gasteiger partial charge in [-0.2, -0.15) is 10.2 Å². The Labute approximate surface area is 153 Å². The molecule has 27 heavy (non-hydrogen) atoms. The minimum atomic E-state index is -0.485. The Bertz CT molecular complexity index is 995. The summed E-state index contributed by atoms with van der Waals surface area (Å²) in [5, 5.41) is 21.2. The van der Waals surface area contributed by atoms with Crippen LogP contribution in [0.4, 0.5) is 5.69 Å². The number of methoxy groups -OCH3 is 1. The topological polar surface area (TPSA) is 123 Å². The van der Waals surface area contributed by atoms with Crippen molar-refractivity contribution in [1.82, 2.24) is 15.6 Å². The molecule has 0 radical (unpaired) electrons. The third-order valence-electron chi connectivity index (χ3n) is 3.67. The van der Waals surface area contributed by atoms with Crippen molar-refractivity contribution < 1.29 is 14.5 Å². The highest BCUT2D eigenvalue weighted by molar-refractivity contribution is 5.94. The van der Waals surface area contributed by atoms with E-state index in [1.165, 1.54) is 30.5 Å². The predicted octanol–water partition coefficient (Wildman–Crippen LogP) is 2.76. The van der Waals surface area contributed by atoms with E-state index in [9.17, 15) is 14.9 Å². The highest BCUT2D eigenvalue weighted by Gasteiger charge is 2.11. The molecule has 1 amide bonds. The average Bonchev–Trinajstić information content (AvgIpc) is 3.19. The summed E-state index contributed by atoms with van der Waals surface area (Å²) in [7, 11) is 1.57. The summed E-state index contributed by atoms with van der Waals surface area (Å²) in [6.07, 6.45) is 1.39. The number of nitrogens with one attached hydrogen (secondary N) is 2. The van der Waals surface area contributed by atoms with E-state index >= 15 is 0 Å². The maximum absolute atomic E-state index is 12.1. The van der Waals surface area contributed by atoms with Gasteiger partial charge in [-0.3, -0.25) is 20.0 Å². The van der Waals surface area contributed by atoms with Crippen LogP contribution in [0.15, 0.2) is 59.7 Å². The monoisotopic (exact) mass is 365 g/mol. The van der Waals surface area contributed by atoms with Crippen molar-refractivity contribution in [2.24, 2.45) is 5.10 Å². The van der Waals surface area contributed by atoms with Crippen LogP contribution in [-0.4, -0.2) is 34.4 Å². The molecular weight excluding hydrogens is 350 g/mol. The molecular formula is C18H15N5O4. The zero-order chi connectivity index (χ0) is 19.2. The number of carbonyl (C=O) groups excluding carboxylic acids is 1. The van der Waals surface area contributed by atoms with Crippen LogP contribution < -0.4 is 10.2 Å². The Morgan fingerprint density at radius 3 is 2.74 bits per heavy atom.